The van der Waals surface area contributed by atoms with E-state index >= 15 is 0 Å². The van der Waals surface area contributed by atoms with E-state index in [9.17, 15) is 14.7 Å². The average Bonchev–Trinajstić information content (AvgIpc) is 2.91. The Labute approximate surface area is 118 Å². The van der Waals surface area contributed by atoms with Gasteiger partial charge in [-0.15, -0.1) is 11.8 Å². The number of nitrogens with zero attached hydrogens (tertiary/aromatic N) is 1. The second-order valence-corrected chi connectivity index (χ2v) is 6.54. The summed E-state index contributed by atoms with van der Waals surface area (Å²) in [5.41, 5.74) is 1.23. The van der Waals surface area contributed by atoms with Gasteiger partial charge in [-0.3, -0.25) is 14.6 Å². The smallest absolute Gasteiger partial charge is 0.267 e. The van der Waals surface area contributed by atoms with Crippen molar-refractivity contribution in [1.29, 1.82) is 0 Å². The van der Waals surface area contributed by atoms with E-state index in [0.717, 1.165) is 11.3 Å². The van der Waals surface area contributed by atoms with E-state index in [1.54, 1.807) is 18.0 Å². The molecule has 1 aliphatic heterocycles. The molecular formula is C15H11NO3S. The van der Waals surface area contributed by atoms with Gasteiger partial charge in [-0.2, -0.15) is 0 Å². The zero-order valence-electron chi connectivity index (χ0n) is 10.7. The molecule has 3 atom stereocenters. The lowest BCUT2D eigenvalue weighted by Gasteiger charge is -2.09. The van der Waals surface area contributed by atoms with Crippen LogP contribution in [0.3, 0.4) is 0 Å². The van der Waals surface area contributed by atoms with Gasteiger partial charge in [0.2, 0.25) is 5.43 Å². The van der Waals surface area contributed by atoms with Gasteiger partial charge in [-0.05, 0) is 30.5 Å². The van der Waals surface area contributed by atoms with Crippen molar-refractivity contribution in [2.45, 2.75) is 18.1 Å². The number of rotatable bonds is 2. The molecule has 2 heterocycles. The summed E-state index contributed by atoms with van der Waals surface area (Å²) in [4.78, 5) is 27.9. The molecule has 0 radical (unpaired) electrons. The Hall–Kier alpha value is -1.88. The number of aromatic hydroxyl groups is 1. The third kappa shape index (κ3) is 1.47. The topological polar surface area (TPSA) is 67.3 Å². The summed E-state index contributed by atoms with van der Waals surface area (Å²) in [5, 5.41) is 9.79. The summed E-state index contributed by atoms with van der Waals surface area (Å²) >= 11 is 1.72. The van der Waals surface area contributed by atoms with Gasteiger partial charge in [0.25, 0.3) is 5.43 Å². The normalized spacial score (nSPS) is 27.4. The molecular weight excluding hydrogens is 274 g/mol. The van der Waals surface area contributed by atoms with E-state index in [4.69, 9.17) is 0 Å². The minimum absolute atomic E-state index is 0.0249. The highest BCUT2D eigenvalue weighted by Gasteiger charge is 2.57. The molecule has 100 valence electrons. The number of aryl methyl sites for hydroxylation is 1. The van der Waals surface area contributed by atoms with Crippen molar-refractivity contribution >= 4 is 16.7 Å². The number of thioether (sulfide) groups is 1. The summed E-state index contributed by atoms with van der Waals surface area (Å²) < 4.78 is 0. The van der Waals surface area contributed by atoms with E-state index < -0.39 is 10.9 Å². The van der Waals surface area contributed by atoms with Gasteiger partial charge in [0.15, 0.2) is 5.75 Å². The van der Waals surface area contributed by atoms with Crippen LogP contribution in [-0.2, 0) is 0 Å². The zero-order valence-corrected chi connectivity index (χ0v) is 11.5. The Balaban J connectivity index is 1.61. The number of aromatic nitrogens is 1. The van der Waals surface area contributed by atoms with Crippen molar-refractivity contribution in [3.63, 3.8) is 0 Å². The number of pyridine rings is 1. The minimum Gasteiger partial charge on any atom is -0.504 e. The molecule has 3 unspecified atom stereocenters. The van der Waals surface area contributed by atoms with Crippen molar-refractivity contribution < 1.29 is 5.11 Å². The van der Waals surface area contributed by atoms with Crippen LogP contribution < -0.4 is 10.9 Å². The lowest BCUT2D eigenvalue weighted by molar-refractivity contribution is 0.453. The highest BCUT2D eigenvalue weighted by molar-refractivity contribution is 8.09. The largest absolute Gasteiger partial charge is 0.504 e. The van der Waals surface area contributed by atoms with Gasteiger partial charge >= 0.3 is 0 Å². The van der Waals surface area contributed by atoms with E-state index in [1.807, 2.05) is 19.1 Å². The standard InChI is InChI=1S/C15H11NO3S/c1-6-4-7(2-3-16-6)9-5-8-10(15(8)20-9)11-12(17)14(19)13(11)18/h2-5,8,10,15,17H,1H3. The lowest BCUT2D eigenvalue weighted by atomic mass is 10.0. The average molecular weight is 285 g/mol. The van der Waals surface area contributed by atoms with Gasteiger partial charge in [0.1, 0.15) is 0 Å². The van der Waals surface area contributed by atoms with Crippen LogP contribution in [0, 0.1) is 12.8 Å². The van der Waals surface area contributed by atoms with Crippen LogP contribution in [0.5, 0.6) is 5.75 Å². The van der Waals surface area contributed by atoms with Crippen LogP contribution in [0.2, 0.25) is 0 Å². The monoisotopic (exact) mass is 285 g/mol. The number of hydrogen-bond donors (Lipinski definition) is 1. The van der Waals surface area contributed by atoms with E-state index in [1.165, 1.54) is 4.91 Å². The Morgan fingerprint density at radius 1 is 1.30 bits per heavy atom. The van der Waals surface area contributed by atoms with Crippen molar-refractivity contribution in [3.05, 3.63) is 61.7 Å². The first kappa shape index (κ1) is 11.9. The second-order valence-electron chi connectivity index (χ2n) is 5.32. The maximum absolute atomic E-state index is 11.5. The fraction of sp³-hybridized carbons (Fsp3) is 0.267. The molecule has 1 saturated carbocycles. The predicted molar refractivity (Wildman–Crippen MR) is 77.6 cm³/mol. The van der Waals surface area contributed by atoms with Crippen molar-refractivity contribution in [2.24, 2.45) is 5.92 Å². The summed E-state index contributed by atoms with van der Waals surface area (Å²) in [6, 6.07) is 4.01. The first-order valence-electron chi connectivity index (χ1n) is 6.41. The van der Waals surface area contributed by atoms with Gasteiger partial charge in [0, 0.05) is 28.0 Å². The Morgan fingerprint density at radius 2 is 2.10 bits per heavy atom. The predicted octanol–water partition coefficient (Wildman–Crippen LogP) is 1.56. The van der Waals surface area contributed by atoms with E-state index in [2.05, 4.69) is 11.1 Å². The zero-order chi connectivity index (χ0) is 14.0. The molecule has 1 aromatic carbocycles. The second kappa shape index (κ2) is 3.82. The Kier molecular flexibility index (Phi) is 2.27. The Morgan fingerprint density at radius 3 is 2.70 bits per heavy atom. The Bertz CT molecular complexity index is 832. The maximum Gasteiger partial charge on any atom is 0.267 e. The molecule has 2 aromatic rings. The van der Waals surface area contributed by atoms with Crippen LogP contribution in [0.1, 0.15) is 22.7 Å². The molecule has 5 heteroatoms. The number of allylic oxidation sites excluding steroid dienone is 1. The lowest BCUT2D eigenvalue weighted by Crippen LogP contribution is -2.34. The number of fused-ring (bicyclic) bond motifs is 1. The molecule has 1 aromatic heterocycles. The highest BCUT2D eigenvalue weighted by atomic mass is 32.2. The summed E-state index contributed by atoms with van der Waals surface area (Å²) in [6.07, 6.45) is 3.93. The summed E-state index contributed by atoms with van der Waals surface area (Å²) in [5.74, 6) is -0.0285. The molecule has 4 rings (SSSR count). The molecule has 4 nitrogen and oxygen atoms in total. The van der Waals surface area contributed by atoms with E-state index in [-0.39, 0.29) is 22.8 Å². The first-order valence-corrected chi connectivity index (χ1v) is 7.29. The molecule has 0 spiro atoms. The van der Waals surface area contributed by atoms with Crippen LogP contribution in [0.15, 0.2) is 34.0 Å². The van der Waals surface area contributed by atoms with Crippen LogP contribution in [0.25, 0.3) is 4.91 Å². The third-order valence-corrected chi connectivity index (χ3v) is 5.55. The fourth-order valence-corrected chi connectivity index (χ4v) is 4.51. The van der Waals surface area contributed by atoms with E-state index in [0.29, 0.717) is 5.56 Å². The molecule has 0 saturated heterocycles. The minimum atomic E-state index is -0.732. The summed E-state index contributed by atoms with van der Waals surface area (Å²) in [6.45, 7) is 1.95. The highest BCUT2D eigenvalue weighted by Crippen LogP contribution is 2.65. The van der Waals surface area contributed by atoms with Crippen LogP contribution >= 0.6 is 11.8 Å². The molecule has 1 fully saturated rings. The van der Waals surface area contributed by atoms with Crippen LogP contribution in [0.4, 0.5) is 0 Å². The van der Waals surface area contributed by atoms with Crippen molar-refractivity contribution in [3.8, 4) is 5.75 Å². The molecule has 0 amide bonds. The molecule has 1 aliphatic carbocycles. The molecule has 1 N–H and O–H groups in total. The van der Waals surface area contributed by atoms with Crippen molar-refractivity contribution in [1.82, 2.24) is 4.98 Å². The summed E-state index contributed by atoms with van der Waals surface area (Å²) in [7, 11) is 0. The number of hydrogen-bond acceptors (Lipinski definition) is 5. The maximum atomic E-state index is 11.5. The SMILES string of the molecule is Cc1cc(C2=CC3C(S2)C3c2c(O)c(=O)c2=O)ccn1. The van der Waals surface area contributed by atoms with Crippen LogP contribution in [-0.4, -0.2) is 15.3 Å². The third-order valence-electron chi connectivity index (χ3n) is 4.05. The van der Waals surface area contributed by atoms with Gasteiger partial charge in [-0.1, -0.05) is 6.08 Å². The van der Waals surface area contributed by atoms with Gasteiger partial charge < -0.3 is 5.11 Å². The van der Waals surface area contributed by atoms with Gasteiger partial charge in [-0.25, -0.2) is 0 Å². The van der Waals surface area contributed by atoms with Gasteiger partial charge in [0.05, 0.1) is 5.56 Å². The quantitative estimate of drug-likeness (QED) is 0.848. The molecule has 0 bridgehead atoms. The molecule has 2 aliphatic rings. The molecule has 20 heavy (non-hydrogen) atoms. The first-order chi connectivity index (χ1) is 9.58. The van der Waals surface area contributed by atoms with Crippen molar-refractivity contribution in [2.75, 3.05) is 0 Å². The fourth-order valence-electron chi connectivity index (χ4n) is 2.94.